The molecule has 1 saturated carbocycles. The summed E-state index contributed by atoms with van der Waals surface area (Å²) >= 11 is 0. The average Bonchev–Trinajstić information content (AvgIpc) is 2.75. The number of aliphatic hydroxyl groups excluding tert-OH is 1. The number of carbonyl (C=O) groups excluding carboxylic acids is 1. The Kier molecular flexibility index (Phi) is 6.08. The number of carbonyl (C=O) groups is 1. The maximum Gasteiger partial charge on any atom is 0.263 e. The third kappa shape index (κ3) is 4.51. The van der Waals surface area contributed by atoms with E-state index in [1.807, 2.05) is 55.5 Å². The highest BCUT2D eigenvalue weighted by Crippen LogP contribution is 2.34. The molecule has 1 unspecified atom stereocenters. The van der Waals surface area contributed by atoms with Gasteiger partial charge in [0.25, 0.3) is 5.91 Å². The van der Waals surface area contributed by atoms with Crippen molar-refractivity contribution >= 4 is 17.4 Å². The summed E-state index contributed by atoms with van der Waals surface area (Å²) in [5.74, 6) is 1.44. The van der Waals surface area contributed by atoms with E-state index >= 15 is 0 Å². The molecule has 1 aromatic carbocycles. The largest absolute Gasteiger partial charge is 0.477 e. The number of amides is 1. The summed E-state index contributed by atoms with van der Waals surface area (Å²) in [5.41, 5.74) is 2.04. The van der Waals surface area contributed by atoms with Crippen molar-refractivity contribution in [3.05, 3.63) is 48.2 Å². The van der Waals surface area contributed by atoms with Crippen molar-refractivity contribution in [2.24, 2.45) is 0 Å². The molecule has 7 nitrogen and oxygen atoms in total. The van der Waals surface area contributed by atoms with E-state index in [0.717, 1.165) is 42.8 Å². The van der Waals surface area contributed by atoms with Crippen LogP contribution in [0.2, 0.25) is 0 Å². The molecule has 7 heteroatoms. The van der Waals surface area contributed by atoms with Crippen molar-refractivity contribution in [1.82, 2.24) is 10.3 Å². The third-order valence-electron chi connectivity index (χ3n) is 5.85. The van der Waals surface area contributed by atoms with E-state index < -0.39 is 12.2 Å². The Morgan fingerprint density at radius 3 is 2.77 bits per heavy atom. The molecule has 30 heavy (non-hydrogen) atoms. The smallest absolute Gasteiger partial charge is 0.263 e. The second-order valence-electron chi connectivity index (χ2n) is 8.34. The molecule has 2 aliphatic rings. The third-order valence-corrected chi connectivity index (χ3v) is 5.85. The fraction of sp³-hybridized carbons (Fsp3) is 0.478. The molecule has 1 amide bonds. The Labute approximate surface area is 177 Å². The van der Waals surface area contributed by atoms with Gasteiger partial charge in [-0.3, -0.25) is 4.79 Å². The molecular weight excluding hydrogens is 380 g/mol. The maximum atomic E-state index is 12.9. The van der Waals surface area contributed by atoms with Crippen LogP contribution >= 0.6 is 0 Å². The van der Waals surface area contributed by atoms with Crippen LogP contribution in [0.15, 0.2) is 42.6 Å². The monoisotopic (exact) mass is 410 g/mol. The van der Waals surface area contributed by atoms with Crippen molar-refractivity contribution in [1.29, 1.82) is 0 Å². The van der Waals surface area contributed by atoms with Crippen LogP contribution in [0.4, 0.5) is 11.5 Å². The van der Waals surface area contributed by atoms with Gasteiger partial charge >= 0.3 is 0 Å². The Morgan fingerprint density at radius 2 is 2.03 bits per heavy atom. The molecule has 2 aromatic rings. The van der Waals surface area contributed by atoms with E-state index in [1.54, 1.807) is 0 Å². The summed E-state index contributed by atoms with van der Waals surface area (Å²) < 4.78 is 6.03. The van der Waals surface area contributed by atoms with Crippen LogP contribution in [0.25, 0.3) is 0 Å². The van der Waals surface area contributed by atoms with E-state index in [1.165, 1.54) is 0 Å². The molecule has 3 atom stereocenters. The lowest BCUT2D eigenvalue weighted by Crippen LogP contribution is -2.54. The van der Waals surface area contributed by atoms with Gasteiger partial charge in [0.1, 0.15) is 11.6 Å². The normalized spacial score (nSPS) is 23.3. The number of benzene rings is 1. The highest BCUT2D eigenvalue weighted by molar-refractivity contribution is 5.83. The molecule has 0 saturated heterocycles. The summed E-state index contributed by atoms with van der Waals surface area (Å²) in [7, 11) is 3.93. The van der Waals surface area contributed by atoms with Gasteiger partial charge in [-0.25, -0.2) is 4.98 Å². The second kappa shape index (κ2) is 8.92. The molecule has 1 aliphatic carbocycles. The molecule has 0 bridgehead atoms. The zero-order chi connectivity index (χ0) is 21.1. The summed E-state index contributed by atoms with van der Waals surface area (Å²) in [6, 6.07) is 11.7. The Hall–Kier alpha value is -2.80. The van der Waals surface area contributed by atoms with Gasteiger partial charge in [0.15, 0.2) is 6.10 Å². The van der Waals surface area contributed by atoms with Gasteiger partial charge in [-0.1, -0.05) is 31.0 Å². The van der Waals surface area contributed by atoms with Crippen LogP contribution in [-0.2, 0) is 11.3 Å². The van der Waals surface area contributed by atoms with E-state index in [2.05, 4.69) is 21.3 Å². The number of aliphatic hydroxyl groups is 1. The standard InChI is InChI=1S/C23H30N4O3/c1-26(2)22-12-11-16(13-24-22)14-27-15-21(30-20-10-6-4-8-18(20)27)23(29)25-17-7-3-5-9-19(17)28/h4,6,8,10-13,17,19,21,28H,3,5,7,9,14-15H2,1-2H3,(H,25,29)/t17-,19-,21?/m0/s1. The van der Waals surface area contributed by atoms with Crippen molar-refractivity contribution in [3.8, 4) is 5.75 Å². The zero-order valence-electron chi connectivity index (χ0n) is 17.6. The zero-order valence-corrected chi connectivity index (χ0v) is 17.6. The predicted molar refractivity (Wildman–Crippen MR) is 117 cm³/mol. The summed E-state index contributed by atoms with van der Waals surface area (Å²) in [4.78, 5) is 21.6. The summed E-state index contributed by atoms with van der Waals surface area (Å²) in [6.07, 6.45) is 4.36. The number of hydrogen-bond acceptors (Lipinski definition) is 6. The number of para-hydroxylation sites is 2. The predicted octanol–water partition coefficient (Wildman–Crippen LogP) is 2.33. The van der Waals surface area contributed by atoms with E-state index in [9.17, 15) is 9.90 Å². The Balaban J connectivity index is 1.49. The molecule has 0 radical (unpaired) electrons. The SMILES string of the molecule is CN(C)c1ccc(CN2CC(C(=O)N[C@H]3CCCC[C@@H]3O)Oc3ccccc32)cn1. The number of nitrogens with one attached hydrogen (secondary N) is 1. The number of rotatable bonds is 5. The van der Waals surface area contributed by atoms with Crippen molar-refractivity contribution in [3.63, 3.8) is 0 Å². The van der Waals surface area contributed by atoms with E-state index in [0.29, 0.717) is 18.8 Å². The molecule has 160 valence electrons. The van der Waals surface area contributed by atoms with E-state index in [4.69, 9.17) is 4.74 Å². The minimum atomic E-state index is -0.622. The van der Waals surface area contributed by atoms with Gasteiger partial charge in [-0.15, -0.1) is 0 Å². The van der Waals surface area contributed by atoms with Crippen molar-refractivity contribution in [2.75, 3.05) is 30.4 Å². The number of pyridine rings is 1. The molecule has 0 spiro atoms. The first kappa shape index (κ1) is 20.5. The second-order valence-corrected chi connectivity index (χ2v) is 8.34. The van der Waals surface area contributed by atoms with Crippen LogP contribution in [-0.4, -0.2) is 54.9 Å². The molecule has 1 fully saturated rings. The first-order valence-corrected chi connectivity index (χ1v) is 10.6. The van der Waals surface area contributed by atoms with Gasteiger partial charge in [-0.2, -0.15) is 0 Å². The summed E-state index contributed by atoms with van der Waals surface area (Å²) in [6.45, 7) is 1.08. The van der Waals surface area contributed by atoms with Gasteiger partial charge in [0.05, 0.1) is 24.4 Å². The summed E-state index contributed by atoms with van der Waals surface area (Å²) in [5, 5.41) is 13.2. The number of ether oxygens (including phenoxy) is 1. The van der Waals surface area contributed by atoms with Crippen molar-refractivity contribution in [2.45, 2.75) is 50.5 Å². The quantitative estimate of drug-likeness (QED) is 0.788. The lowest BCUT2D eigenvalue weighted by Gasteiger charge is -2.37. The minimum Gasteiger partial charge on any atom is -0.477 e. The molecule has 4 rings (SSSR count). The fourth-order valence-electron chi connectivity index (χ4n) is 4.14. The lowest BCUT2D eigenvalue weighted by molar-refractivity contribution is -0.129. The number of fused-ring (bicyclic) bond motifs is 1. The molecule has 2 N–H and O–H groups in total. The first-order valence-electron chi connectivity index (χ1n) is 10.6. The number of nitrogens with zero attached hydrogens (tertiary/aromatic N) is 3. The molecule has 2 heterocycles. The maximum absolute atomic E-state index is 12.9. The van der Waals surface area contributed by atoms with Crippen LogP contribution in [0, 0.1) is 0 Å². The molecule has 1 aliphatic heterocycles. The van der Waals surface area contributed by atoms with Crippen LogP contribution in [0.1, 0.15) is 31.2 Å². The van der Waals surface area contributed by atoms with Crippen LogP contribution in [0.3, 0.4) is 0 Å². The molecule has 1 aromatic heterocycles. The van der Waals surface area contributed by atoms with Gasteiger partial charge in [0.2, 0.25) is 0 Å². The van der Waals surface area contributed by atoms with Crippen LogP contribution in [0.5, 0.6) is 5.75 Å². The molecular formula is C23H30N4O3. The lowest BCUT2D eigenvalue weighted by atomic mass is 9.92. The van der Waals surface area contributed by atoms with Gasteiger partial charge in [0, 0.05) is 26.8 Å². The van der Waals surface area contributed by atoms with Gasteiger partial charge < -0.3 is 25.0 Å². The number of anilines is 2. The van der Waals surface area contributed by atoms with Gasteiger partial charge in [-0.05, 0) is 36.6 Å². The first-order chi connectivity index (χ1) is 14.5. The highest BCUT2D eigenvalue weighted by Gasteiger charge is 2.33. The van der Waals surface area contributed by atoms with E-state index in [-0.39, 0.29) is 11.9 Å². The van der Waals surface area contributed by atoms with Crippen molar-refractivity contribution < 1.29 is 14.6 Å². The fourth-order valence-corrected chi connectivity index (χ4v) is 4.14. The topological polar surface area (TPSA) is 77.9 Å². The Bertz CT molecular complexity index is 871. The van der Waals surface area contributed by atoms with Crippen LogP contribution < -0.4 is 19.9 Å². The average molecular weight is 411 g/mol. The minimum absolute atomic E-state index is 0.165. The number of aromatic nitrogens is 1. The highest BCUT2D eigenvalue weighted by atomic mass is 16.5. The Morgan fingerprint density at radius 1 is 1.23 bits per heavy atom. The number of hydrogen-bond donors (Lipinski definition) is 2.